The van der Waals surface area contributed by atoms with Crippen molar-refractivity contribution in [3.05, 3.63) is 72.8 Å². The van der Waals surface area contributed by atoms with Crippen molar-refractivity contribution in [2.24, 2.45) is 0 Å². The summed E-state index contributed by atoms with van der Waals surface area (Å²) in [4.78, 5) is 24.7. The predicted octanol–water partition coefficient (Wildman–Crippen LogP) is 8.89. The van der Waals surface area contributed by atoms with Crippen molar-refractivity contribution >= 4 is 33.5 Å². The molecule has 0 aliphatic heterocycles. The van der Waals surface area contributed by atoms with Crippen LogP contribution in [0.3, 0.4) is 0 Å². The van der Waals surface area contributed by atoms with E-state index in [4.69, 9.17) is 18.9 Å². The van der Waals surface area contributed by atoms with Gasteiger partial charge in [-0.2, -0.15) is 0 Å². The molecule has 0 amide bonds. The molecule has 3 aromatic rings. The monoisotopic (exact) mass is 574 g/mol. The van der Waals surface area contributed by atoms with Gasteiger partial charge >= 0.3 is 11.9 Å². The van der Waals surface area contributed by atoms with Gasteiger partial charge in [0.05, 0.1) is 0 Å². The van der Waals surface area contributed by atoms with E-state index in [0.29, 0.717) is 35.5 Å². The van der Waals surface area contributed by atoms with Gasteiger partial charge < -0.3 is 18.9 Å². The third-order valence-corrected chi connectivity index (χ3v) is 7.16. The summed E-state index contributed by atoms with van der Waals surface area (Å²) in [5.74, 6) is 0.626. The highest BCUT2D eigenvalue weighted by molar-refractivity contribution is 6.11. The Balaban J connectivity index is 1.94. The van der Waals surface area contributed by atoms with Crippen LogP contribution in [0.25, 0.3) is 21.5 Å². The van der Waals surface area contributed by atoms with Gasteiger partial charge in [-0.1, -0.05) is 101 Å². The Morgan fingerprint density at radius 3 is 1.24 bits per heavy atom. The summed E-state index contributed by atoms with van der Waals surface area (Å²) in [6.45, 7) is 15.5. The predicted molar refractivity (Wildman–Crippen MR) is 170 cm³/mol. The summed E-state index contributed by atoms with van der Waals surface area (Å²) in [7, 11) is 0. The number of carbonyl (C=O) groups is 2. The van der Waals surface area contributed by atoms with E-state index < -0.39 is 11.9 Å². The zero-order valence-corrected chi connectivity index (χ0v) is 25.7. The molecular weight excluding hydrogens is 528 g/mol. The topological polar surface area (TPSA) is 71.1 Å². The molecule has 0 aliphatic rings. The minimum absolute atomic E-state index is 0.229. The summed E-state index contributed by atoms with van der Waals surface area (Å²) in [5, 5.41) is 3.58. The molecule has 3 aromatic carbocycles. The molecule has 0 N–H and O–H groups in total. The standard InChI is InChI=1S/C36H46O6/c1-7-9-11-17-27(41-35(37)25(3)4)23-39-33-29-19-13-15-21-31(29)34(32-22-16-14-20-30(32)33)40-24-28(18-12-10-8-2)42-36(38)26(5)6/h13-16,19-22,27-28H,3,5,7-12,17-18,23-24H2,1-2,4,6H3. The Kier molecular flexibility index (Phi) is 12.9. The number of esters is 2. The van der Waals surface area contributed by atoms with Gasteiger partial charge in [0.25, 0.3) is 0 Å². The first kappa shape index (κ1) is 32.7. The molecule has 0 heterocycles. The van der Waals surface area contributed by atoms with Gasteiger partial charge in [-0.3, -0.25) is 0 Å². The molecule has 226 valence electrons. The molecule has 0 saturated carbocycles. The van der Waals surface area contributed by atoms with Crippen LogP contribution in [0.2, 0.25) is 0 Å². The Morgan fingerprint density at radius 1 is 0.619 bits per heavy atom. The number of ether oxygens (including phenoxy) is 4. The molecule has 0 aromatic heterocycles. The van der Waals surface area contributed by atoms with Crippen molar-refractivity contribution in [2.75, 3.05) is 13.2 Å². The summed E-state index contributed by atoms with van der Waals surface area (Å²) in [5.41, 5.74) is 0.740. The fourth-order valence-corrected chi connectivity index (χ4v) is 4.81. The van der Waals surface area contributed by atoms with E-state index in [1.165, 1.54) is 0 Å². The van der Waals surface area contributed by atoms with E-state index in [0.717, 1.165) is 60.1 Å². The van der Waals surface area contributed by atoms with E-state index in [2.05, 4.69) is 27.0 Å². The number of benzene rings is 3. The van der Waals surface area contributed by atoms with Gasteiger partial charge in [-0.25, -0.2) is 9.59 Å². The minimum Gasteiger partial charge on any atom is -0.488 e. The minimum atomic E-state index is -0.403. The van der Waals surface area contributed by atoms with Crippen LogP contribution in [0.5, 0.6) is 11.5 Å². The maximum Gasteiger partial charge on any atom is 0.333 e. The van der Waals surface area contributed by atoms with Crippen molar-refractivity contribution < 1.29 is 28.5 Å². The van der Waals surface area contributed by atoms with E-state index in [1.807, 2.05) is 48.5 Å². The van der Waals surface area contributed by atoms with Crippen molar-refractivity contribution in [1.82, 2.24) is 0 Å². The van der Waals surface area contributed by atoms with Crippen LogP contribution in [-0.4, -0.2) is 37.4 Å². The quantitative estimate of drug-likeness (QED) is 0.0654. The van der Waals surface area contributed by atoms with Crippen molar-refractivity contribution in [3.63, 3.8) is 0 Å². The molecule has 0 aliphatic carbocycles. The second-order valence-corrected chi connectivity index (χ2v) is 11.0. The van der Waals surface area contributed by atoms with Crippen LogP contribution in [0.4, 0.5) is 0 Å². The fourth-order valence-electron chi connectivity index (χ4n) is 4.81. The van der Waals surface area contributed by atoms with E-state index >= 15 is 0 Å². The number of unbranched alkanes of at least 4 members (excludes halogenated alkanes) is 4. The highest BCUT2D eigenvalue weighted by atomic mass is 16.6. The molecule has 0 spiro atoms. The maximum atomic E-state index is 12.4. The second kappa shape index (κ2) is 16.6. The Morgan fingerprint density at radius 2 is 0.952 bits per heavy atom. The summed E-state index contributed by atoms with van der Waals surface area (Å²) in [6.07, 6.45) is 6.80. The summed E-state index contributed by atoms with van der Waals surface area (Å²) in [6, 6.07) is 15.9. The smallest absolute Gasteiger partial charge is 0.333 e. The van der Waals surface area contributed by atoms with Gasteiger partial charge in [-0.15, -0.1) is 0 Å². The SMILES string of the molecule is C=C(C)C(=O)OC(CCCCC)COc1c2ccccc2c(OCC(CCCCC)OC(=O)C(=C)C)c2ccccc12. The van der Waals surface area contributed by atoms with Crippen molar-refractivity contribution in [3.8, 4) is 11.5 Å². The number of carbonyl (C=O) groups excluding carboxylic acids is 2. The average molecular weight is 575 g/mol. The Labute approximate surface area is 250 Å². The molecule has 6 heteroatoms. The van der Waals surface area contributed by atoms with E-state index in [9.17, 15) is 9.59 Å². The lowest BCUT2D eigenvalue weighted by molar-refractivity contribution is -0.147. The first-order valence-electron chi connectivity index (χ1n) is 15.2. The average Bonchev–Trinajstić information content (AvgIpc) is 2.98. The Bertz CT molecular complexity index is 1210. The number of hydrogen-bond acceptors (Lipinski definition) is 6. The lowest BCUT2D eigenvalue weighted by atomic mass is 10.0. The number of rotatable bonds is 18. The molecule has 0 bridgehead atoms. The van der Waals surface area contributed by atoms with Crippen LogP contribution in [0.1, 0.15) is 79.1 Å². The summed E-state index contributed by atoms with van der Waals surface area (Å²) < 4.78 is 24.5. The maximum absolute atomic E-state index is 12.4. The molecular formula is C36H46O6. The van der Waals surface area contributed by atoms with E-state index in [1.54, 1.807) is 13.8 Å². The first-order valence-corrected chi connectivity index (χ1v) is 15.2. The van der Waals surface area contributed by atoms with Crippen LogP contribution in [0, 0.1) is 0 Å². The van der Waals surface area contributed by atoms with E-state index in [-0.39, 0.29) is 25.4 Å². The van der Waals surface area contributed by atoms with Crippen LogP contribution < -0.4 is 9.47 Å². The largest absolute Gasteiger partial charge is 0.488 e. The molecule has 0 saturated heterocycles. The highest BCUT2D eigenvalue weighted by Crippen LogP contribution is 2.43. The zero-order valence-electron chi connectivity index (χ0n) is 25.7. The van der Waals surface area contributed by atoms with Crippen molar-refractivity contribution in [2.45, 2.75) is 91.3 Å². The Hall–Kier alpha value is -3.80. The third kappa shape index (κ3) is 9.10. The molecule has 0 radical (unpaired) electrons. The normalized spacial score (nSPS) is 12.5. The molecule has 2 unspecified atom stereocenters. The third-order valence-electron chi connectivity index (χ3n) is 7.16. The van der Waals surface area contributed by atoms with Gasteiger partial charge in [-0.05, 0) is 39.5 Å². The van der Waals surface area contributed by atoms with Crippen LogP contribution in [0.15, 0.2) is 72.8 Å². The molecule has 3 rings (SSSR count). The number of hydrogen-bond donors (Lipinski definition) is 0. The molecule has 6 nitrogen and oxygen atoms in total. The molecule has 0 fully saturated rings. The lowest BCUT2D eigenvalue weighted by Gasteiger charge is -2.23. The molecule has 42 heavy (non-hydrogen) atoms. The zero-order chi connectivity index (χ0) is 30.5. The van der Waals surface area contributed by atoms with Gasteiger partial charge in [0.2, 0.25) is 0 Å². The number of fused-ring (bicyclic) bond motifs is 2. The van der Waals surface area contributed by atoms with Gasteiger partial charge in [0, 0.05) is 32.7 Å². The van der Waals surface area contributed by atoms with Crippen LogP contribution >= 0.6 is 0 Å². The highest BCUT2D eigenvalue weighted by Gasteiger charge is 2.22. The van der Waals surface area contributed by atoms with Crippen molar-refractivity contribution in [1.29, 1.82) is 0 Å². The second-order valence-electron chi connectivity index (χ2n) is 11.0. The lowest BCUT2D eigenvalue weighted by Crippen LogP contribution is -2.26. The first-order chi connectivity index (χ1) is 20.3. The van der Waals surface area contributed by atoms with Gasteiger partial charge in [0.15, 0.2) is 0 Å². The fraction of sp³-hybridized carbons (Fsp3) is 0.444. The molecule has 2 atom stereocenters. The summed E-state index contributed by atoms with van der Waals surface area (Å²) >= 11 is 0. The van der Waals surface area contributed by atoms with Gasteiger partial charge in [0.1, 0.15) is 36.9 Å². The van der Waals surface area contributed by atoms with Crippen LogP contribution in [-0.2, 0) is 19.1 Å².